The number of carbonyl (C=O) groups excluding carboxylic acids is 1. The van der Waals surface area contributed by atoms with Gasteiger partial charge in [-0.25, -0.2) is 0 Å². The highest BCUT2D eigenvalue weighted by atomic mass is 32.1. The maximum atomic E-state index is 11.9. The zero-order chi connectivity index (χ0) is 14.5. The number of hydrogen-bond acceptors (Lipinski definition) is 3. The van der Waals surface area contributed by atoms with E-state index in [0.717, 1.165) is 16.2 Å². The minimum absolute atomic E-state index is 0.0722. The fourth-order valence-electron chi connectivity index (χ4n) is 2.03. The molecule has 0 aliphatic rings. The Morgan fingerprint density at radius 3 is 2.62 bits per heavy atom. The van der Waals surface area contributed by atoms with Gasteiger partial charge in [-0.15, -0.1) is 22.7 Å². The topological polar surface area (TPSA) is 17.1 Å². The highest BCUT2D eigenvalue weighted by Crippen LogP contribution is 2.21. The first-order valence-electron chi connectivity index (χ1n) is 6.70. The van der Waals surface area contributed by atoms with E-state index in [0.29, 0.717) is 0 Å². The number of carbonyl (C=O) groups is 1. The van der Waals surface area contributed by atoms with Gasteiger partial charge in [0.25, 0.3) is 0 Å². The molecule has 0 N–H and O–H groups in total. The smallest absolute Gasteiger partial charge is 0.195 e. The van der Waals surface area contributed by atoms with Crippen LogP contribution in [0.2, 0.25) is 0 Å². The van der Waals surface area contributed by atoms with Crippen molar-refractivity contribution < 1.29 is 4.79 Å². The predicted octanol–water partition coefficient (Wildman–Crippen LogP) is 5.30. The first-order valence-corrected chi connectivity index (χ1v) is 8.39. The number of thiophene rings is 2. The van der Waals surface area contributed by atoms with Crippen LogP contribution in [0.4, 0.5) is 0 Å². The molecule has 3 heteroatoms. The van der Waals surface area contributed by atoms with Crippen LogP contribution in [0.15, 0.2) is 66.1 Å². The molecule has 0 spiro atoms. The van der Waals surface area contributed by atoms with Crippen LogP contribution < -0.4 is 0 Å². The molecule has 1 aromatic carbocycles. The van der Waals surface area contributed by atoms with E-state index < -0.39 is 0 Å². The Labute approximate surface area is 132 Å². The number of benzene rings is 1. The van der Waals surface area contributed by atoms with Crippen molar-refractivity contribution in [1.82, 2.24) is 0 Å². The maximum absolute atomic E-state index is 11.9. The third-order valence-corrected chi connectivity index (χ3v) is 5.00. The summed E-state index contributed by atoms with van der Waals surface area (Å²) in [5, 5.41) is 1.92. The third-order valence-electron chi connectivity index (χ3n) is 3.07. The van der Waals surface area contributed by atoms with Crippen molar-refractivity contribution >= 4 is 34.5 Å². The van der Waals surface area contributed by atoms with Crippen molar-refractivity contribution in [3.8, 4) is 0 Å². The molecule has 0 radical (unpaired) electrons. The molecule has 2 aromatic heterocycles. The Bertz CT molecular complexity index is 737. The molecule has 3 rings (SSSR count). The molecule has 0 aliphatic heterocycles. The fourth-order valence-corrected chi connectivity index (χ4v) is 3.63. The summed E-state index contributed by atoms with van der Waals surface area (Å²) in [4.78, 5) is 15.1. The number of allylic oxidation sites excluding steroid dienone is 1. The monoisotopic (exact) mass is 310 g/mol. The van der Waals surface area contributed by atoms with E-state index in [4.69, 9.17) is 0 Å². The van der Waals surface area contributed by atoms with E-state index in [1.54, 1.807) is 17.4 Å². The lowest BCUT2D eigenvalue weighted by atomic mass is 10.1. The first kappa shape index (κ1) is 14.0. The van der Waals surface area contributed by atoms with Crippen LogP contribution in [-0.2, 0) is 6.42 Å². The van der Waals surface area contributed by atoms with E-state index in [9.17, 15) is 4.79 Å². The SMILES string of the molecule is O=C(/C=C/c1ccc(Cc2ccccc2)s1)c1cccs1. The van der Waals surface area contributed by atoms with Crippen molar-refractivity contribution in [2.24, 2.45) is 0 Å². The zero-order valence-electron chi connectivity index (χ0n) is 11.4. The van der Waals surface area contributed by atoms with Gasteiger partial charge in [0.2, 0.25) is 0 Å². The lowest BCUT2D eigenvalue weighted by Crippen LogP contribution is -1.87. The lowest BCUT2D eigenvalue weighted by Gasteiger charge is -1.96. The Balaban J connectivity index is 1.66. The summed E-state index contributed by atoms with van der Waals surface area (Å²) in [6, 6.07) is 18.4. The van der Waals surface area contributed by atoms with Crippen molar-refractivity contribution in [1.29, 1.82) is 0 Å². The molecule has 0 atom stereocenters. The van der Waals surface area contributed by atoms with Gasteiger partial charge in [-0.2, -0.15) is 0 Å². The van der Waals surface area contributed by atoms with Crippen LogP contribution in [0.5, 0.6) is 0 Å². The second-order valence-electron chi connectivity index (χ2n) is 4.64. The Morgan fingerprint density at radius 1 is 1.00 bits per heavy atom. The average Bonchev–Trinajstić information content (AvgIpc) is 3.17. The minimum atomic E-state index is 0.0722. The zero-order valence-corrected chi connectivity index (χ0v) is 13.0. The largest absolute Gasteiger partial charge is 0.288 e. The summed E-state index contributed by atoms with van der Waals surface area (Å²) in [5.41, 5.74) is 1.31. The van der Waals surface area contributed by atoms with Crippen molar-refractivity contribution in [2.75, 3.05) is 0 Å². The summed E-state index contributed by atoms with van der Waals surface area (Å²) in [6.07, 6.45) is 4.50. The van der Waals surface area contributed by atoms with Gasteiger partial charge in [0.1, 0.15) is 0 Å². The second-order valence-corrected chi connectivity index (χ2v) is 6.79. The molecule has 0 saturated carbocycles. The molecule has 0 aliphatic carbocycles. The molecule has 0 bridgehead atoms. The lowest BCUT2D eigenvalue weighted by molar-refractivity contribution is 0.105. The summed E-state index contributed by atoms with van der Waals surface area (Å²) >= 11 is 3.21. The highest BCUT2D eigenvalue weighted by molar-refractivity contribution is 7.13. The summed E-state index contributed by atoms with van der Waals surface area (Å²) in [6.45, 7) is 0. The van der Waals surface area contributed by atoms with Gasteiger partial charge < -0.3 is 0 Å². The molecule has 0 amide bonds. The van der Waals surface area contributed by atoms with Crippen LogP contribution in [-0.4, -0.2) is 5.78 Å². The van der Waals surface area contributed by atoms with Crippen LogP contribution in [0, 0.1) is 0 Å². The Kier molecular flexibility index (Phi) is 4.43. The fraction of sp³-hybridized carbons (Fsp3) is 0.0556. The maximum Gasteiger partial charge on any atom is 0.195 e. The molecule has 0 saturated heterocycles. The van der Waals surface area contributed by atoms with Crippen LogP contribution in [0.3, 0.4) is 0 Å². The normalized spacial score (nSPS) is 11.0. The van der Waals surface area contributed by atoms with E-state index in [-0.39, 0.29) is 5.78 Å². The van der Waals surface area contributed by atoms with Gasteiger partial charge in [0.15, 0.2) is 5.78 Å². The molecule has 0 unspecified atom stereocenters. The van der Waals surface area contributed by atoms with Gasteiger partial charge in [0, 0.05) is 16.2 Å². The summed E-state index contributed by atoms with van der Waals surface area (Å²) < 4.78 is 0. The molecule has 2 heterocycles. The van der Waals surface area contributed by atoms with E-state index in [2.05, 4.69) is 36.4 Å². The van der Waals surface area contributed by atoms with Gasteiger partial charge in [0.05, 0.1) is 4.88 Å². The predicted molar refractivity (Wildman–Crippen MR) is 91.3 cm³/mol. The van der Waals surface area contributed by atoms with Crippen molar-refractivity contribution in [3.63, 3.8) is 0 Å². The molecule has 21 heavy (non-hydrogen) atoms. The first-order chi connectivity index (χ1) is 10.3. The van der Waals surface area contributed by atoms with Gasteiger partial charge >= 0.3 is 0 Å². The van der Waals surface area contributed by atoms with Crippen LogP contribution >= 0.6 is 22.7 Å². The molecular formula is C18H14OS2. The molecule has 3 aromatic rings. The Hall–Kier alpha value is -1.97. The van der Waals surface area contributed by atoms with E-state index in [1.807, 2.05) is 29.7 Å². The van der Waals surface area contributed by atoms with Crippen molar-refractivity contribution in [3.05, 3.63) is 86.2 Å². The quantitative estimate of drug-likeness (QED) is 0.462. The summed E-state index contributed by atoms with van der Waals surface area (Å²) in [7, 11) is 0. The molecule has 1 nitrogen and oxygen atoms in total. The highest BCUT2D eigenvalue weighted by Gasteiger charge is 2.03. The molecular weight excluding hydrogens is 296 g/mol. The third kappa shape index (κ3) is 3.78. The van der Waals surface area contributed by atoms with Crippen molar-refractivity contribution in [2.45, 2.75) is 6.42 Å². The molecule has 0 fully saturated rings. The van der Waals surface area contributed by atoms with E-state index in [1.165, 1.54) is 21.8 Å². The van der Waals surface area contributed by atoms with Crippen LogP contribution in [0.1, 0.15) is 25.0 Å². The Morgan fingerprint density at radius 2 is 1.86 bits per heavy atom. The number of ketones is 1. The average molecular weight is 310 g/mol. The van der Waals surface area contributed by atoms with Crippen LogP contribution in [0.25, 0.3) is 6.08 Å². The van der Waals surface area contributed by atoms with E-state index >= 15 is 0 Å². The second kappa shape index (κ2) is 6.66. The van der Waals surface area contributed by atoms with Gasteiger partial charge in [-0.05, 0) is 41.3 Å². The van der Waals surface area contributed by atoms with Gasteiger partial charge in [-0.1, -0.05) is 36.4 Å². The summed E-state index contributed by atoms with van der Waals surface area (Å²) in [5.74, 6) is 0.0722. The van der Waals surface area contributed by atoms with Gasteiger partial charge in [-0.3, -0.25) is 4.79 Å². The standard InChI is InChI=1S/C18H14OS2/c19-17(18-7-4-12-20-18)11-10-15-8-9-16(21-15)13-14-5-2-1-3-6-14/h1-12H,13H2/b11-10+. The number of hydrogen-bond donors (Lipinski definition) is 0. The number of rotatable bonds is 5. The molecule has 104 valence electrons. The minimum Gasteiger partial charge on any atom is -0.288 e.